The minimum Gasteiger partial charge on any atom is -0.496 e. The Balaban J connectivity index is 2.99. The van der Waals surface area contributed by atoms with Crippen molar-refractivity contribution in [3.8, 4) is 5.75 Å². The fourth-order valence-corrected chi connectivity index (χ4v) is 1.51. The number of carbonyl (C=O) groups excluding carboxylic acids is 1. The van der Waals surface area contributed by atoms with Crippen LogP contribution in [0.25, 0.3) is 10.4 Å². The van der Waals surface area contributed by atoms with Crippen LogP contribution in [-0.2, 0) is 0 Å². The molecule has 0 amide bonds. The van der Waals surface area contributed by atoms with Crippen molar-refractivity contribution < 1.29 is 9.53 Å². The summed E-state index contributed by atoms with van der Waals surface area (Å²) in [4.78, 5) is 14.5. The van der Waals surface area contributed by atoms with Gasteiger partial charge in [0, 0.05) is 17.9 Å². The molecule has 90 valence electrons. The van der Waals surface area contributed by atoms with Gasteiger partial charge in [0.15, 0.2) is 5.78 Å². The van der Waals surface area contributed by atoms with E-state index >= 15 is 0 Å². The number of ether oxygens (including phenoxy) is 1. The second-order valence-electron chi connectivity index (χ2n) is 3.76. The Morgan fingerprint density at radius 1 is 1.41 bits per heavy atom. The Kier molecular flexibility index (Phi) is 4.55. The van der Waals surface area contributed by atoms with Crippen molar-refractivity contribution in [3.63, 3.8) is 0 Å². The number of carbonyl (C=O) groups is 1. The first-order valence-electron chi connectivity index (χ1n) is 5.29. The third-order valence-electron chi connectivity index (χ3n) is 2.62. The number of hydrogen-bond donors (Lipinski definition) is 0. The molecule has 1 aromatic rings. The van der Waals surface area contributed by atoms with Crippen LogP contribution >= 0.6 is 0 Å². The monoisotopic (exact) mass is 233 g/mol. The average Bonchev–Trinajstić information content (AvgIpc) is 2.32. The SMILES string of the molecule is COc1cc(C)c(C)cc1C(=O)CCN=[N+]=[N-]. The summed E-state index contributed by atoms with van der Waals surface area (Å²) in [5.74, 6) is 0.497. The lowest BCUT2D eigenvalue weighted by molar-refractivity contribution is 0.0982. The number of aryl methyl sites for hydroxylation is 2. The fraction of sp³-hybridized carbons (Fsp3) is 0.417. The highest BCUT2D eigenvalue weighted by atomic mass is 16.5. The van der Waals surface area contributed by atoms with Crippen molar-refractivity contribution in [3.05, 3.63) is 39.3 Å². The first-order valence-corrected chi connectivity index (χ1v) is 5.29. The fourth-order valence-electron chi connectivity index (χ4n) is 1.51. The van der Waals surface area contributed by atoms with Crippen molar-refractivity contribution in [2.24, 2.45) is 5.11 Å². The molecule has 0 radical (unpaired) electrons. The Bertz CT molecular complexity index is 477. The maximum absolute atomic E-state index is 11.9. The van der Waals surface area contributed by atoms with E-state index in [1.807, 2.05) is 26.0 Å². The van der Waals surface area contributed by atoms with Gasteiger partial charge in [0.05, 0.1) is 12.7 Å². The molecule has 5 heteroatoms. The van der Waals surface area contributed by atoms with E-state index in [1.165, 1.54) is 7.11 Å². The molecule has 0 aromatic heterocycles. The van der Waals surface area contributed by atoms with Crippen LogP contribution < -0.4 is 4.74 Å². The van der Waals surface area contributed by atoms with Gasteiger partial charge in [0.2, 0.25) is 0 Å². The van der Waals surface area contributed by atoms with Gasteiger partial charge in [-0.1, -0.05) is 5.11 Å². The van der Waals surface area contributed by atoms with Crippen LogP contribution in [0.3, 0.4) is 0 Å². The van der Waals surface area contributed by atoms with E-state index in [4.69, 9.17) is 10.3 Å². The summed E-state index contributed by atoms with van der Waals surface area (Å²) >= 11 is 0. The van der Waals surface area contributed by atoms with E-state index in [-0.39, 0.29) is 18.7 Å². The molecule has 0 N–H and O–H groups in total. The first kappa shape index (κ1) is 13.1. The minimum absolute atomic E-state index is 0.0719. The molecule has 0 unspecified atom stereocenters. The molecule has 0 aliphatic heterocycles. The molecule has 17 heavy (non-hydrogen) atoms. The standard InChI is InChI=1S/C12H15N3O2/c1-8-6-10(11(16)4-5-14-15-13)12(17-3)7-9(8)2/h6-7H,4-5H2,1-3H3. The molecule has 0 aliphatic rings. The highest BCUT2D eigenvalue weighted by molar-refractivity contribution is 5.99. The number of benzene rings is 1. The van der Waals surface area contributed by atoms with E-state index < -0.39 is 0 Å². The zero-order chi connectivity index (χ0) is 12.8. The number of hydrogen-bond acceptors (Lipinski definition) is 3. The van der Waals surface area contributed by atoms with Crippen molar-refractivity contribution in [1.29, 1.82) is 0 Å². The smallest absolute Gasteiger partial charge is 0.166 e. The molecule has 5 nitrogen and oxygen atoms in total. The quantitative estimate of drug-likeness (QED) is 0.339. The van der Waals surface area contributed by atoms with Gasteiger partial charge in [-0.2, -0.15) is 0 Å². The summed E-state index contributed by atoms with van der Waals surface area (Å²) in [5.41, 5.74) is 10.8. The second kappa shape index (κ2) is 5.92. The lowest BCUT2D eigenvalue weighted by Crippen LogP contribution is -2.05. The van der Waals surface area contributed by atoms with Crippen molar-refractivity contribution in [1.82, 2.24) is 0 Å². The van der Waals surface area contributed by atoms with Gasteiger partial charge in [-0.15, -0.1) is 0 Å². The third kappa shape index (κ3) is 3.23. The van der Waals surface area contributed by atoms with Gasteiger partial charge in [-0.25, -0.2) is 0 Å². The summed E-state index contributed by atoms with van der Waals surface area (Å²) in [6.45, 7) is 4.08. The molecule has 0 bridgehead atoms. The van der Waals surface area contributed by atoms with Crippen LogP contribution in [0.1, 0.15) is 27.9 Å². The van der Waals surface area contributed by atoms with Gasteiger partial charge in [0.25, 0.3) is 0 Å². The molecule has 0 aliphatic carbocycles. The van der Waals surface area contributed by atoms with Crippen LogP contribution in [0.4, 0.5) is 0 Å². The lowest BCUT2D eigenvalue weighted by Gasteiger charge is -2.10. The number of ketones is 1. The molecule has 0 fully saturated rings. The highest BCUT2D eigenvalue weighted by Gasteiger charge is 2.13. The number of rotatable bonds is 5. The van der Waals surface area contributed by atoms with Gasteiger partial charge in [0.1, 0.15) is 5.75 Å². The van der Waals surface area contributed by atoms with Crippen LogP contribution in [0, 0.1) is 13.8 Å². The molecule has 0 saturated heterocycles. The van der Waals surface area contributed by atoms with Gasteiger partial charge < -0.3 is 4.74 Å². The van der Waals surface area contributed by atoms with E-state index in [1.54, 1.807) is 0 Å². The van der Waals surface area contributed by atoms with Gasteiger partial charge in [-0.05, 0) is 42.6 Å². The molecule has 0 heterocycles. The molecular weight excluding hydrogens is 218 g/mol. The first-order chi connectivity index (χ1) is 8.10. The number of methoxy groups -OCH3 is 1. The van der Waals surface area contributed by atoms with E-state index in [0.29, 0.717) is 11.3 Å². The maximum atomic E-state index is 11.9. The summed E-state index contributed by atoms with van der Waals surface area (Å²) in [5, 5.41) is 3.35. The van der Waals surface area contributed by atoms with E-state index in [9.17, 15) is 4.79 Å². The van der Waals surface area contributed by atoms with Crippen LogP contribution in [0.5, 0.6) is 5.75 Å². The Morgan fingerprint density at radius 3 is 2.65 bits per heavy atom. The third-order valence-corrected chi connectivity index (χ3v) is 2.62. The van der Waals surface area contributed by atoms with Crippen LogP contribution in [-0.4, -0.2) is 19.4 Å². The van der Waals surface area contributed by atoms with Crippen molar-refractivity contribution >= 4 is 5.78 Å². The second-order valence-corrected chi connectivity index (χ2v) is 3.76. The van der Waals surface area contributed by atoms with Crippen LogP contribution in [0.2, 0.25) is 0 Å². The normalized spacial score (nSPS) is 9.59. The number of azide groups is 1. The number of Topliss-reactive ketones (excluding diaryl/α,β-unsaturated/α-hetero) is 1. The minimum atomic E-state index is -0.0719. The molecule has 1 rings (SSSR count). The summed E-state index contributed by atoms with van der Waals surface area (Å²) in [6.07, 6.45) is 0.197. The highest BCUT2D eigenvalue weighted by Crippen LogP contribution is 2.24. The summed E-state index contributed by atoms with van der Waals surface area (Å²) in [7, 11) is 1.54. The zero-order valence-electron chi connectivity index (χ0n) is 10.2. The Morgan fingerprint density at radius 2 is 2.06 bits per heavy atom. The predicted octanol–water partition coefficient (Wildman–Crippen LogP) is 3.20. The predicted molar refractivity (Wildman–Crippen MR) is 65.4 cm³/mol. The topological polar surface area (TPSA) is 75.1 Å². The molecule has 0 saturated carbocycles. The number of nitrogens with zero attached hydrogens (tertiary/aromatic N) is 3. The van der Waals surface area contributed by atoms with Crippen molar-refractivity contribution in [2.75, 3.05) is 13.7 Å². The zero-order valence-corrected chi connectivity index (χ0v) is 10.2. The Labute approximate surface area is 100 Å². The molecule has 0 atom stereocenters. The largest absolute Gasteiger partial charge is 0.496 e. The summed E-state index contributed by atoms with van der Waals surface area (Å²) in [6, 6.07) is 3.66. The van der Waals surface area contributed by atoms with E-state index in [0.717, 1.165) is 11.1 Å². The van der Waals surface area contributed by atoms with Gasteiger partial charge >= 0.3 is 0 Å². The lowest BCUT2D eigenvalue weighted by atomic mass is 10.0. The van der Waals surface area contributed by atoms with Gasteiger partial charge in [-0.3, -0.25) is 4.79 Å². The van der Waals surface area contributed by atoms with Crippen molar-refractivity contribution in [2.45, 2.75) is 20.3 Å². The average molecular weight is 233 g/mol. The van der Waals surface area contributed by atoms with Crippen LogP contribution in [0.15, 0.2) is 17.2 Å². The summed E-state index contributed by atoms with van der Waals surface area (Å²) < 4.78 is 5.18. The van der Waals surface area contributed by atoms with E-state index in [2.05, 4.69) is 10.0 Å². The molecule has 0 spiro atoms. The molecular formula is C12H15N3O2. The maximum Gasteiger partial charge on any atom is 0.166 e. The Hall–Kier alpha value is -2.00. The molecule has 1 aromatic carbocycles.